The molecule has 0 amide bonds. The normalized spacial score (nSPS) is 9.00. The molecular weight excluding hydrogens is 331 g/mol. The van der Waals surface area contributed by atoms with Gasteiger partial charge < -0.3 is 21.7 Å². The van der Waals surface area contributed by atoms with Gasteiger partial charge in [0.1, 0.15) is 11.6 Å². The minimum atomic E-state index is -0.372. The van der Waals surface area contributed by atoms with E-state index in [2.05, 4.69) is 6.07 Å². The first-order valence-corrected chi connectivity index (χ1v) is 5.17. The molecule has 2 aromatic carbocycles. The van der Waals surface area contributed by atoms with Gasteiger partial charge in [0.15, 0.2) is 0 Å². The molecule has 0 N–H and O–H groups in total. The van der Waals surface area contributed by atoms with Gasteiger partial charge in [-0.15, -0.1) is 5.56 Å². The zero-order valence-electron chi connectivity index (χ0n) is 9.50. The number of ether oxygens (including phenoxy) is 1. The number of hydrogen-bond acceptors (Lipinski definition) is 1. The summed E-state index contributed by atoms with van der Waals surface area (Å²) in [4.78, 5) is 0. The van der Waals surface area contributed by atoms with Crippen molar-refractivity contribution in [2.24, 2.45) is 0 Å². The SMILES string of the molecule is Fc1ccc(OCc2[c-]cccc2)c(Cl)c1.[Br-].[Mg+2]. The molecule has 0 aliphatic rings. The average molecular weight is 340 g/mol. The van der Waals surface area contributed by atoms with Crippen molar-refractivity contribution in [2.45, 2.75) is 6.61 Å². The molecule has 1 nitrogen and oxygen atoms in total. The first-order valence-electron chi connectivity index (χ1n) is 4.79. The third kappa shape index (κ3) is 5.14. The van der Waals surface area contributed by atoms with E-state index < -0.39 is 0 Å². The summed E-state index contributed by atoms with van der Waals surface area (Å²) in [5.74, 6) is 0.101. The molecule has 5 heteroatoms. The third-order valence-corrected chi connectivity index (χ3v) is 2.35. The predicted octanol–water partition coefficient (Wildman–Crippen LogP) is 0.481. The summed E-state index contributed by atoms with van der Waals surface area (Å²) < 4.78 is 18.2. The Balaban J connectivity index is 0.00000144. The van der Waals surface area contributed by atoms with Gasteiger partial charge in [-0.2, -0.15) is 30.3 Å². The van der Waals surface area contributed by atoms with E-state index in [0.717, 1.165) is 5.56 Å². The van der Waals surface area contributed by atoms with Gasteiger partial charge in [-0.25, -0.2) is 4.39 Å². The van der Waals surface area contributed by atoms with Gasteiger partial charge in [-0.05, 0) is 18.2 Å². The second-order valence-corrected chi connectivity index (χ2v) is 3.66. The van der Waals surface area contributed by atoms with Crippen LogP contribution < -0.4 is 21.7 Å². The van der Waals surface area contributed by atoms with Crippen LogP contribution in [0, 0.1) is 11.9 Å². The van der Waals surface area contributed by atoms with Gasteiger partial charge in [0.2, 0.25) is 0 Å². The summed E-state index contributed by atoms with van der Waals surface area (Å²) >= 11 is 5.82. The first-order chi connectivity index (χ1) is 7.75. The van der Waals surface area contributed by atoms with Crippen molar-refractivity contribution < 1.29 is 26.1 Å². The van der Waals surface area contributed by atoms with Crippen molar-refractivity contribution in [3.8, 4) is 5.75 Å². The topological polar surface area (TPSA) is 9.23 Å². The summed E-state index contributed by atoms with van der Waals surface area (Å²) in [7, 11) is 0. The van der Waals surface area contributed by atoms with Crippen molar-refractivity contribution in [1.29, 1.82) is 0 Å². The van der Waals surface area contributed by atoms with E-state index in [1.54, 1.807) is 0 Å². The first kappa shape index (κ1) is 17.7. The maximum atomic E-state index is 12.8. The van der Waals surface area contributed by atoms with Crippen molar-refractivity contribution in [3.05, 3.63) is 64.9 Å². The maximum absolute atomic E-state index is 12.8. The molecule has 0 bridgehead atoms. The van der Waals surface area contributed by atoms with E-state index in [1.165, 1.54) is 18.2 Å². The van der Waals surface area contributed by atoms with Crippen molar-refractivity contribution in [3.63, 3.8) is 0 Å². The Morgan fingerprint density at radius 3 is 2.61 bits per heavy atom. The van der Waals surface area contributed by atoms with E-state index in [0.29, 0.717) is 12.4 Å². The second-order valence-electron chi connectivity index (χ2n) is 3.25. The van der Waals surface area contributed by atoms with E-state index in [-0.39, 0.29) is 50.9 Å². The Labute approximate surface area is 137 Å². The fourth-order valence-electron chi connectivity index (χ4n) is 1.27. The van der Waals surface area contributed by atoms with Crippen molar-refractivity contribution in [1.82, 2.24) is 0 Å². The van der Waals surface area contributed by atoms with Crippen molar-refractivity contribution >= 4 is 34.7 Å². The van der Waals surface area contributed by atoms with Crippen LogP contribution in [0.1, 0.15) is 5.56 Å². The van der Waals surface area contributed by atoms with Crippen LogP contribution in [0.2, 0.25) is 5.02 Å². The van der Waals surface area contributed by atoms with Gasteiger partial charge in [0, 0.05) is 0 Å². The molecule has 2 rings (SSSR count). The smallest absolute Gasteiger partial charge is 1.00 e. The van der Waals surface area contributed by atoms with Gasteiger partial charge in [0.25, 0.3) is 0 Å². The van der Waals surface area contributed by atoms with E-state index in [1.807, 2.05) is 24.3 Å². The minimum absolute atomic E-state index is 0. The third-order valence-electron chi connectivity index (χ3n) is 2.05. The monoisotopic (exact) mass is 338 g/mol. The van der Waals surface area contributed by atoms with Crippen LogP contribution in [-0.4, -0.2) is 23.1 Å². The molecule has 0 atom stereocenters. The molecule has 0 fully saturated rings. The second kappa shape index (κ2) is 8.75. The van der Waals surface area contributed by atoms with Gasteiger partial charge >= 0.3 is 23.1 Å². The molecule has 90 valence electrons. The molecule has 0 radical (unpaired) electrons. The minimum Gasteiger partial charge on any atom is -1.00 e. The zero-order chi connectivity index (χ0) is 11.4. The maximum Gasteiger partial charge on any atom is 2.00 e. The molecule has 0 aromatic heterocycles. The van der Waals surface area contributed by atoms with Crippen molar-refractivity contribution in [2.75, 3.05) is 0 Å². The molecular formula is C13H9BrClFMgO. The van der Waals surface area contributed by atoms with Crippen LogP contribution in [0.25, 0.3) is 0 Å². The molecule has 0 spiro atoms. The number of halogens is 3. The largest absolute Gasteiger partial charge is 2.00 e. The predicted molar refractivity (Wildman–Crippen MR) is 66.8 cm³/mol. The van der Waals surface area contributed by atoms with Gasteiger partial charge in [-0.3, -0.25) is 0 Å². The molecule has 0 saturated heterocycles. The fraction of sp³-hybridized carbons (Fsp3) is 0.0769. The van der Waals surface area contributed by atoms with Crippen LogP contribution in [0.4, 0.5) is 4.39 Å². The van der Waals surface area contributed by atoms with Crippen LogP contribution >= 0.6 is 11.6 Å². The van der Waals surface area contributed by atoms with Crippen LogP contribution in [0.15, 0.2) is 42.5 Å². The Morgan fingerprint density at radius 1 is 1.22 bits per heavy atom. The standard InChI is InChI=1S/C13H9ClFO.BrH.Mg/c14-12-8-11(15)6-7-13(12)16-9-10-4-2-1-3-5-10;;/h1-4,6-8H,9H2;1H;/q-1;;+2/p-1. The summed E-state index contributed by atoms with van der Waals surface area (Å²) in [6, 6.07) is 14.6. The molecule has 2 aromatic rings. The van der Waals surface area contributed by atoms with Crippen LogP contribution in [-0.2, 0) is 6.61 Å². The quantitative estimate of drug-likeness (QED) is 0.584. The Kier molecular flexibility index (Phi) is 8.60. The van der Waals surface area contributed by atoms with Gasteiger partial charge in [0.05, 0.1) is 11.6 Å². The summed E-state index contributed by atoms with van der Waals surface area (Å²) in [5, 5.41) is 0.274. The Bertz CT molecular complexity index is 482. The molecule has 0 aliphatic heterocycles. The van der Waals surface area contributed by atoms with E-state index in [4.69, 9.17) is 16.3 Å². The van der Waals surface area contributed by atoms with E-state index >= 15 is 0 Å². The van der Waals surface area contributed by atoms with Crippen LogP contribution in [0.5, 0.6) is 5.75 Å². The van der Waals surface area contributed by atoms with E-state index in [9.17, 15) is 4.39 Å². The van der Waals surface area contributed by atoms with Gasteiger partial charge in [-0.1, -0.05) is 11.6 Å². The molecule has 18 heavy (non-hydrogen) atoms. The molecule has 0 unspecified atom stereocenters. The average Bonchev–Trinajstić information content (AvgIpc) is 2.29. The van der Waals surface area contributed by atoms with Crippen LogP contribution in [0.3, 0.4) is 0 Å². The fourth-order valence-corrected chi connectivity index (χ4v) is 1.49. The summed E-state index contributed by atoms with van der Waals surface area (Å²) in [6.45, 7) is 0.367. The Morgan fingerprint density at radius 2 is 2.00 bits per heavy atom. The number of benzene rings is 2. The summed E-state index contributed by atoms with van der Waals surface area (Å²) in [6.07, 6.45) is 0. The molecule has 0 heterocycles. The molecule has 0 saturated carbocycles. The summed E-state index contributed by atoms with van der Waals surface area (Å²) in [5.41, 5.74) is 0.919. The molecule has 0 aliphatic carbocycles. The zero-order valence-corrected chi connectivity index (χ0v) is 13.3. The Hall–Kier alpha value is -0.294. The number of rotatable bonds is 3. The number of hydrogen-bond donors (Lipinski definition) is 0.